The first-order valence-corrected chi connectivity index (χ1v) is 9.59. The normalized spacial score (nSPS) is 16.2. The molecule has 0 aliphatic carbocycles. The molecule has 1 rings (SSSR count). The predicted octanol–water partition coefficient (Wildman–Crippen LogP) is 4.31. The van der Waals surface area contributed by atoms with Crippen LogP contribution in [0.5, 0.6) is 0 Å². The molecule has 0 aromatic heterocycles. The van der Waals surface area contributed by atoms with E-state index in [4.69, 9.17) is 9.84 Å². The number of halogens is 6. The summed E-state index contributed by atoms with van der Waals surface area (Å²) in [6.45, 7) is 8.64. The number of nitrogens with zero attached hydrogens (tertiary/aromatic N) is 2. The Kier molecular flexibility index (Phi) is 9.06. The highest BCUT2D eigenvalue weighted by atomic mass is 19.4. The summed E-state index contributed by atoms with van der Waals surface area (Å²) >= 11 is 0. The van der Waals surface area contributed by atoms with Crippen molar-refractivity contribution in [2.75, 3.05) is 26.2 Å². The number of amides is 2. The first-order valence-electron chi connectivity index (χ1n) is 9.59. The van der Waals surface area contributed by atoms with Gasteiger partial charge in [-0.05, 0) is 48.5 Å². The maximum Gasteiger partial charge on any atom is 0.410 e. The van der Waals surface area contributed by atoms with Crippen molar-refractivity contribution in [3.63, 3.8) is 0 Å². The zero-order chi connectivity index (χ0) is 25.9. The van der Waals surface area contributed by atoms with Gasteiger partial charge in [0.15, 0.2) is 5.41 Å². The molecule has 0 aromatic carbocycles. The van der Waals surface area contributed by atoms with E-state index in [-0.39, 0.29) is 26.2 Å². The lowest BCUT2D eigenvalue weighted by Crippen LogP contribution is -2.56. The monoisotopic (exact) mass is 480 g/mol. The Labute approximate surface area is 182 Å². The Hall–Kier alpha value is -2.21. The van der Waals surface area contributed by atoms with Gasteiger partial charge in [0.1, 0.15) is 11.0 Å². The molecule has 1 fully saturated rings. The molecule has 1 aliphatic rings. The van der Waals surface area contributed by atoms with Crippen LogP contribution in [0.25, 0.3) is 0 Å². The van der Waals surface area contributed by atoms with Gasteiger partial charge in [-0.25, -0.2) is 4.79 Å². The third kappa shape index (κ3) is 7.73. The fourth-order valence-electron chi connectivity index (χ4n) is 2.06. The average Bonchev–Trinajstić information content (AvgIpc) is 2.58. The molecule has 188 valence electrons. The van der Waals surface area contributed by atoms with E-state index in [2.05, 4.69) is 0 Å². The van der Waals surface area contributed by atoms with Crippen LogP contribution in [-0.2, 0) is 14.3 Å². The number of aliphatic carboxylic acids is 1. The van der Waals surface area contributed by atoms with Crippen molar-refractivity contribution in [2.45, 2.75) is 66.4 Å². The van der Waals surface area contributed by atoms with Crippen LogP contribution in [0.2, 0.25) is 0 Å². The standard InChI is InChI=1S/C14H23F3N2O3.C5H7F3O2/c1-12(2,3)22-11(21)19-8-6-18(7-9-19)10(20)13(4,5)14(15,16)17;1-4(2,3(9)10)5(6,7)8/h6-9H2,1-5H3;1-2H3,(H,9,10). The average molecular weight is 480 g/mol. The first-order chi connectivity index (χ1) is 13.9. The van der Waals surface area contributed by atoms with Crippen LogP contribution in [-0.4, -0.2) is 77.0 Å². The second-order valence-corrected chi connectivity index (χ2v) is 9.31. The summed E-state index contributed by atoms with van der Waals surface area (Å²) in [6, 6.07) is 0. The third-order valence-electron chi connectivity index (χ3n) is 4.71. The molecule has 0 unspecified atom stereocenters. The molecule has 1 N–H and O–H groups in total. The van der Waals surface area contributed by atoms with Gasteiger partial charge in [-0.1, -0.05) is 0 Å². The summed E-state index contributed by atoms with van der Waals surface area (Å²) in [5.41, 5.74) is -5.71. The molecule has 0 bridgehead atoms. The molecule has 0 aromatic rings. The lowest BCUT2D eigenvalue weighted by atomic mass is 9.90. The van der Waals surface area contributed by atoms with Crippen molar-refractivity contribution in [3.8, 4) is 0 Å². The topological polar surface area (TPSA) is 87.2 Å². The van der Waals surface area contributed by atoms with Crippen molar-refractivity contribution in [1.82, 2.24) is 9.80 Å². The Morgan fingerprint density at radius 2 is 1.03 bits per heavy atom. The zero-order valence-electron chi connectivity index (χ0n) is 19.1. The number of carbonyl (C=O) groups is 3. The summed E-state index contributed by atoms with van der Waals surface area (Å²) in [5.74, 6) is -2.83. The van der Waals surface area contributed by atoms with Gasteiger partial charge in [-0.15, -0.1) is 0 Å². The van der Waals surface area contributed by atoms with E-state index in [1.54, 1.807) is 20.8 Å². The smallest absolute Gasteiger partial charge is 0.410 e. The molecule has 32 heavy (non-hydrogen) atoms. The van der Waals surface area contributed by atoms with Crippen molar-refractivity contribution in [2.24, 2.45) is 10.8 Å². The quantitative estimate of drug-likeness (QED) is 0.595. The fraction of sp³-hybridized carbons (Fsp3) is 0.842. The summed E-state index contributed by atoms with van der Waals surface area (Å²) in [6.07, 6.45) is -9.81. The van der Waals surface area contributed by atoms with E-state index in [0.717, 1.165) is 18.7 Å². The van der Waals surface area contributed by atoms with Crippen LogP contribution in [0, 0.1) is 10.8 Å². The Bertz CT molecular complexity index is 688. The Morgan fingerprint density at radius 3 is 1.28 bits per heavy atom. The molecule has 1 aliphatic heterocycles. The maximum atomic E-state index is 12.9. The highest BCUT2D eigenvalue weighted by Crippen LogP contribution is 2.39. The largest absolute Gasteiger partial charge is 0.481 e. The van der Waals surface area contributed by atoms with Crippen LogP contribution in [0.3, 0.4) is 0 Å². The number of rotatable bonds is 2. The van der Waals surface area contributed by atoms with Crippen molar-refractivity contribution < 1.29 is 50.6 Å². The number of hydrogen-bond donors (Lipinski definition) is 1. The lowest BCUT2D eigenvalue weighted by molar-refractivity contribution is -0.221. The van der Waals surface area contributed by atoms with Crippen LogP contribution in [0.1, 0.15) is 48.5 Å². The number of carboxylic acids is 1. The van der Waals surface area contributed by atoms with Crippen molar-refractivity contribution in [3.05, 3.63) is 0 Å². The molecule has 0 saturated carbocycles. The van der Waals surface area contributed by atoms with Gasteiger partial charge < -0.3 is 19.6 Å². The maximum absolute atomic E-state index is 12.9. The number of carbonyl (C=O) groups excluding carboxylic acids is 2. The van der Waals surface area contributed by atoms with E-state index in [9.17, 15) is 40.7 Å². The number of alkyl halides is 6. The second kappa shape index (κ2) is 9.74. The zero-order valence-corrected chi connectivity index (χ0v) is 19.1. The van der Waals surface area contributed by atoms with Crippen LogP contribution < -0.4 is 0 Å². The van der Waals surface area contributed by atoms with Gasteiger partial charge in [-0.3, -0.25) is 9.59 Å². The minimum atomic E-state index is -4.68. The van der Waals surface area contributed by atoms with Gasteiger partial charge in [0, 0.05) is 26.2 Å². The number of piperazine rings is 1. The third-order valence-corrected chi connectivity index (χ3v) is 4.71. The summed E-state index contributed by atoms with van der Waals surface area (Å²) in [7, 11) is 0. The van der Waals surface area contributed by atoms with Crippen LogP contribution in [0.15, 0.2) is 0 Å². The number of ether oxygens (including phenoxy) is 1. The van der Waals surface area contributed by atoms with E-state index in [1.807, 2.05) is 0 Å². The molecule has 13 heteroatoms. The summed E-state index contributed by atoms with van der Waals surface area (Å²) < 4.78 is 79.0. The molecule has 1 saturated heterocycles. The predicted molar refractivity (Wildman–Crippen MR) is 102 cm³/mol. The van der Waals surface area contributed by atoms with E-state index >= 15 is 0 Å². The molecule has 2 amide bonds. The Balaban J connectivity index is 0.000000809. The van der Waals surface area contributed by atoms with Gasteiger partial charge >= 0.3 is 24.4 Å². The highest BCUT2D eigenvalue weighted by Gasteiger charge is 2.55. The molecule has 1 heterocycles. The molecule has 7 nitrogen and oxygen atoms in total. The van der Waals surface area contributed by atoms with Gasteiger partial charge in [-0.2, -0.15) is 26.3 Å². The Morgan fingerprint density at radius 1 is 0.688 bits per heavy atom. The van der Waals surface area contributed by atoms with E-state index in [1.165, 1.54) is 4.90 Å². The fourth-order valence-corrected chi connectivity index (χ4v) is 2.06. The summed E-state index contributed by atoms with van der Waals surface area (Å²) in [4.78, 5) is 36.4. The SMILES string of the molecule is CC(C)(C(=O)O)C(F)(F)F.CC(C)(C)OC(=O)N1CCN(C(=O)C(C)(C)C(F)(F)F)CC1. The number of carboxylic acid groups (broad SMARTS) is 1. The molecular weight excluding hydrogens is 450 g/mol. The molecular formula is C19H30F6N2O5. The van der Waals surface area contributed by atoms with Gasteiger partial charge in [0.25, 0.3) is 0 Å². The van der Waals surface area contributed by atoms with Gasteiger partial charge in [0.2, 0.25) is 5.91 Å². The molecule has 0 spiro atoms. The highest BCUT2D eigenvalue weighted by molar-refractivity contribution is 5.83. The van der Waals surface area contributed by atoms with Gasteiger partial charge in [0.05, 0.1) is 0 Å². The van der Waals surface area contributed by atoms with Crippen LogP contribution in [0.4, 0.5) is 31.1 Å². The minimum absolute atomic E-state index is 0.0670. The number of hydrogen-bond acceptors (Lipinski definition) is 4. The first kappa shape index (κ1) is 29.8. The molecule has 0 radical (unpaired) electrons. The van der Waals surface area contributed by atoms with Crippen LogP contribution >= 0.6 is 0 Å². The minimum Gasteiger partial charge on any atom is -0.481 e. The second-order valence-electron chi connectivity index (χ2n) is 9.31. The summed E-state index contributed by atoms with van der Waals surface area (Å²) in [5, 5.41) is 8.06. The van der Waals surface area contributed by atoms with Crippen molar-refractivity contribution >= 4 is 18.0 Å². The van der Waals surface area contributed by atoms with E-state index in [0.29, 0.717) is 13.8 Å². The van der Waals surface area contributed by atoms with Crippen molar-refractivity contribution in [1.29, 1.82) is 0 Å². The molecule has 0 atom stereocenters. The lowest BCUT2D eigenvalue weighted by Gasteiger charge is -2.39. The van der Waals surface area contributed by atoms with E-state index < -0.39 is 46.8 Å².